The van der Waals surface area contributed by atoms with E-state index < -0.39 is 5.60 Å². The molecule has 0 radical (unpaired) electrons. The summed E-state index contributed by atoms with van der Waals surface area (Å²) in [6.07, 6.45) is 6.13. The van der Waals surface area contributed by atoms with E-state index in [-0.39, 0.29) is 0 Å². The van der Waals surface area contributed by atoms with Gasteiger partial charge in [-0.15, -0.1) is 0 Å². The lowest BCUT2D eigenvalue weighted by molar-refractivity contribution is 0.000157. The molecule has 2 nitrogen and oxygen atoms in total. The van der Waals surface area contributed by atoms with Crippen LogP contribution in [0.5, 0.6) is 0 Å². The molecule has 20 heavy (non-hydrogen) atoms. The number of hydrogen-bond donors (Lipinski definition) is 1. The summed E-state index contributed by atoms with van der Waals surface area (Å²) in [4.78, 5) is 0. The highest BCUT2D eigenvalue weighted by Crippen LogP contribution is 2.40. The summed E-state index contributed by atoms with van der Waals surface area (Å²) in [6, 6.07) is 7.53. The molecule has 0 amide bonds. The molecule has 1 aliphatic carbocycles. The van der Waals surface area contributed by atoms with Crippen LogP contribution >= 0.6 is 11.6 Å². The fraction of sp³-hybridized carbons (Fsp3) is 0.529. The number of fused-ring (bicyclic) bond motifs is 1. The molecule has 0 bridgehead atoms. The van der Waals surface area contributed by atoms with E-state index in [4.69, 9.17) is 16.0 Å². The molecule has 2 unspecified atom stereocenters. The average molecular weight is 293 g/mol. The Kier molecular flexibility index (Phi) is 3.78. The van der Waals surface area contributed by atoms with Gasteiger partial charge in [-0.25, -0.2) is 0 Å². The van der Waals surface area contributed by atoms with Gasteiger partial charge in [-0.2, -0.15) is 0 Å². The molecule has 0 saturated heterocycles. The van der Waals surface area contributed by atoms with E-state index in [0.717, 1.165) is 42.6 Å². The third kappa shape index (κ3) is 2.59. The van der Waals surface area contributed by atoms with Crippen molar-refractivity contribution in [1.29, 1.82) is 0 Å². The van der Waals surface area contributed by atoms with Crippen LogP contribution in [0.3, 0.4) is 0 Å². The lowest BCUT2D eigenvalue weighted by atomic mass is 9.90. The SMILES string of the molecule is CCC1CCCC(O)(c2cc3cc(Cl)ccc3o2)CC1. The molecule has 3 rings (SSSR count). The molecule has 1 fully saturated rings. The molecule has 0 aliphatic heterocycles. The predicted molar refractivity (Wildman–Crippen MR) is 82.0 cm³/mol. The molecule has 1 N–H and O–H groups in total. The number of halogens is 1. The summed E-state index contributed by atoms with van der Waals surface area (Å²) in [5.74, 6) is 1.44. The minimum Gasteiger partial charge on any atom is -0.458 e. The number of furan rings is 1. The van der Waals surface area contributed by atoms with Gasteiger partial charge in [-0.05, 0) is 55.9 Å². The summed E-state index contributed by atoms with van der Waals surface area (Å²) in [6.45, 7) is 2.23. The van der Waals surface area contributed by atoms with Crippen molar-refractivity contribution in [2.75, 3.05) is 0 Å². The number of benzene rings is 1. The zero-order chi connectivity index (χ0) is 14.2. The highest BCUT2D eigenvalue weighted by molar-refractivity contribution is 6.31. The van der Waals surface area contributed by atoms with Crippen molar-refractivity contribution in [3.8, 4) is 0 Å². The third-order valence-electron chi connectivity index (χ3n) is 4.68. The third-order valence-corrected chi connectivity index (χ3v) is 4.92. The minimum atomic E-state index is -0.810. The Bertz CT molecular complexity index is 604. The van der Waals surface area contributed by atoms with Crippen LogP contribution in [0.4, 0.5) is 0 Å². The highest BCUT2D eigenvalue weighted by atomic mass is 35.5. The van der Waals surface area contributed by atoms with Crippen molar-refractivity contribution < 1.29 is 9.52 Å². The van der Waals surface area contributed by atoms with Gasteiger partial charge >= 0.3 is 0 Å². The first-order valence-corrected chi connectivity index (χ1v) is 7.90. The van der Waals surface area contributed by atoms with Crippen molar-refractivity contribution in [2.24, 2.45) is 5.92 Å². The molecule has 2 atom stereocenters. The van der Waals surface area contributed by atoms with E-state index in [2.05, 4.69) is 6.92 Å². The highest BCUT2D eigenvalue weighted by Gasteiger charge is 2.35. The van der Waals surface area contributed by atoms with Gasteiger partial charge in [-0.3, -0.25) is 0 Å². The van der Waals surface area contributed by atoms with Crippen LogP contribution in [0.2, 0.25) is 5.02 Å². The molecular formula is C17H21ClO2. The van der Waals surface area contributed by atoms with Gasteiger partial charge in [0.25, 0.3) is 0 Å². The van der Waals surface area contributed by atoms with E-state index in [0.29, 0.717) is 10.8 Å². The Morgan fingerprint density at radius 2 is 2.15 bits per heavy atom. The molecule has 1 heterocycles. The second kappa shape index (κ2) is 5.42. The van der Waals surface area contributed by atoms with Gasteiger partial charge in [0, 0.05) is 10.4 Å². The van der Waals surface area contributed by atoms with Gasteiger partial charge in [0.15, 0.2) is 0 Å². The smallest absolute Gasteiger partial charge is 0.136 e. The molecule has 1 saturated carbocycles. The number of rotatable bonds is 2. The zero-order valence-corrected chi connectivity index (χ0v) is 12.6. The Morgan fingerprint density at radius 1 is 1.30 bits per heavy atom. The summed E-state index contributed by atoms with van der Waals surface area (Å²) in [5.41, 5.74) is -0.01000. The van der Waals surface area contributed by atoms with Crippen molar-refractivity contribution in [2.45, 2.75) is 51.0 Å². The van der Waals surface area contributed by atoms with Gasteiger partial charge in [0.1, 0.15) is 16.9 Å². The molecule has 3 heteroatoms. The monoisotopic (exact) mass is 292 g/mol. The van der Waals surface area contributed by atoms with E-state index in [9.17, 15) is 5.11 Å². The average Bonchev–Trinajstić information content (AvgIpc) is 2.76. The van der Waals surface area contributed by atoms with Crippen molar-refractivity contribution in [1.82, 2.24) is 0 Å². The summed E-state index contributed by atoms with van der Waals surface area (Å²) in [7, 11) is 0. The molecule has 108 valence electrons. The van der Waals surface area contributed by atoms with Crippen LogP contribution in [-0.4, -0.2) is 5.11 Å². The second-order valence-electron chi connectivity index (χ2n) is 6.03. The number of hydrogen-bond acceptors (Lipinski definition) is 2. The lowest BCUT2D eigenvalue weighted by Crippen LogP contribution is -2.24. The van der Waals surface area contributed by atoms with E-state index in [1.54, 1.807) is 0 Å². The fourth-order valence-electron chi connectivity index (χ4n) is 3.29. The quantitative estimate of drug-likeness (QED) is 0.766. The Labute approximate surface area is 124 Å². The first-order chi connectivity index (χ1) is 9.60. The van der Waals surface area contributed by atoms with Gasteiger partial charge < -0.3 is 9.52 Å². The molecular weight excluding hydrogens is 272 g/mol. The molecule has 0 spiro atoms. The largest absolute Gasteiger partial charge is 0.458 e. The zero-order valence-electron chi connectivity index (χ0n) is 11.9. The Hall–Kier alpha value is -0.990. The summed E-state index contributed by atoms with van der Waals surface area (Å²) < 4.78 is 5.88. The van der Waals surface area contributed by atoms with E-state index in [1.807, 2.05) is 24.3 Å². The lowest BCUT2D eigenvalue weighted by Gasteiger charge is -2.24. The van der Waals surface area contributed by atoms with E-state index >= 15 is 0 Å². The molecule has 1 aliphatic rings. The van der Waals surface area contributed by atoms with Crippen molar-refractivity contribution in [3.63, 3.8) is 0 Å². The maximum atomic E-state index is 11.0. The Morgan fingerprint density at radius 3 is 2.95 bits per heavy atom. The first kappa shape index (κ1) is 14.0. The van der Waals surface area contributed by atoms with Gasteiger partial charge in [0.05, 0.1) is 0 Å². The van der Waals surface area contributed by atoms with Crippen molar-refractivity contribution in [3.05, 3.63) is 35.0 Å². The molecule has 2 aromatic rings. The minimum absolute atomic E-state index is 0.698. The normalized spacial score (nSPS) is 27.6. The molecule has 1 aromatic carbocycles. The van der Waals surface area contributed by atoms with Crippen LogP contribution in [0.15, 0.2) is 28.7 Å². The van der Waals surface area contributed by atoms with Crippen molar-refractivity contribution >= 4 is 22.6 Å². The van der Waals surface area contributed by atoms with Gasteiger partial charge in [0.2, 0.25) is 0 Å². The van der Waals surface area contributed by atoms with Crippen LogP contribution in [0, 0.1) is 5.92 Å². The van der Waals surface area contributed by atoms with Gasteiger partial charge in [-0.1, -0.05) is 31.4 Å². The maximum absolute atomic E-state index is 11.0. The molecule has 1 aromatic heterocycles. The standard InChI is InChI=1S/C17H21ClO2/c1-2-12-4-3-8-17(19,9-7-12)16-11-13-10-14(18)5-6-15(13)20-16/h5-6,10-12,19H,2-4,7-9H2,1H3. The van der Waals surface area contributed by atoms with Crippen LogP contribution in [0.1, 0.15) is 51.2 Å². The summed E-state index contributed by atoms with van der Waals surface area (Å²) in [5, 5.41) is 12.6. The van der Waals surface area contributed by atoms with Crippen LogP contribution in [0.25, 0.3) is 11.0 Å². The second-order valence-corrected chi connectivity index (χ2v) is 6.47. The topological polar surface area (TPSA) is 33.4 Å². The Balaban J connectivity index is 1.92. The fourth-order valence-corrected chi connectivity index (χ4v) is 3.47. The van der Waals surface area contributed by atoms with Crippen LogP contribution < -0.4 is 0 Å². The van der Waals surface area contributed by atoms with Crippen LogP contribution in [-0.2, 0) is 5.60 Å². The number of aliphatic hydroxyl groups is 1. The first-order valence-electron chi connectivity index (χ1n) is 7.53. The maximum Gasteiger partial charge on any atom is 0.136 e. The van der Waals surface area contributed by atoms with E-state index in [1.165, 1.54) is 12.8 Å². The predicted octanol–water partition coefficient (Wildman–Crippen LogP) is 5.26. The summed E-state index contributed by atoms with van der Waals surface area (Å²) >= 11 is 6.01.